The van der Waals surface area contributed by atoms with Gasteiger partial charge in [-0.3, -0.25) is 0 Å². The minimum Gasteiger partial charge on any atom is -0.390 e. The highest BCUT2D eigenvalue weighted by Crippen LogP contribution is 2.32. The Labute approximate surface area is 112 Å². The number of hydrogen-bond donors (Lipinski definition) is 1. The summed E-state index contributed by atoms with van der Waals surface area (Å²) in [4.78, 5) is 12.8. The number of aliphatic hydroxyl groups is 1. The van der Waals surface area contributed by atoms with E-state index in [1.54, 1.807) is 23.9 Å². The average Bonchev–Trinajstić information content (AvgIpc) is 2.98. The molecule has 0 fully saturated rings. The summed E-state index contributed by atoms with van der Waals surface area (Å²) < 4.78 is 2.93. The first kappa shape index (κ1) is 11.6. The van der Waals surface area contributed by atoms with Crippen molar-refractivity contribution in [3.63, 3.8) is 0 Å². The fraction of sp³-hybridized carbons (Fsp3) is 0.182. The van der Waals surface area contributed by atoms with Crippen LogP contribution in [0.15, 0.2) is 34.2 Å². The molecule has 0 aliphatic carbocycles. The fourth-order valence-electron chi connectivity index (χ4n) is 1.59. The molecule has 0 aliphatic heterocycles. The van der Waals surface area contributed by atoms with Gasteiger partial charge in [-0.15, -0.1) is 11.3 Å². The number of aromatic nitrogens is 4. The Morgan fingerprint density at radius 1 is 1.39 bits per heavy atom. The maximum absolute atomic E-state index is 9.14. The highest BCUT2D eigenvalue weighted by atomic mass is 32.2. The molecule has 0 aromatic carbocycles. The van der Waals surface area contributed by atoms with Crippen LogP contribution < -0.4 is 0 Å². The Kier molecular flexibility index (Phi) is 3.02. The molecule has 18 heavy (non-hydrogen) atoms. The summed E-state index contributed by atoms with van der Waals surface area (Å²) >= 11 is 3.10. The zero-order valence-electron chi connectivity index (χ0n) is 9.57. The Balaban J connectivity index is 2.01. The summed E-state index contributed by atoms with van der Waals surface area (Å²) in [5, 5.41) is 12.9. The van der Waals surface area contributed by atoms with Crippen molar-refractivity contribution in [2.45, 2.75) is 16.8 Å². The van der Waals surface area contributed by atoms with Crippen LogP contribution in [0.3, 0.4) is 0 Å². The highest BCUT2D eigenvalue weighted by Gasteiger charge is 2.11. The second-order valence-corrected chi connectivity index (χ2v) is 5.54. The summed E-state index contributed by atoms with van der Waals surface area (Å²) in [5.41, 5.74) is 1.74. The average molecular weight is 278 g/mol. The summed E-state index contributed by atoms with van der Waals surface area (Å²) in [6, 6.07) is 1.98. The summed E-state index contributed by atoms with van der Waals surface area (Å²) in [7, 11) is 1.88. The Hall–Kier alpha value is -1.44. The minimum atomic E-state index is -0.0117. The molecule has 3 aromatic heterocycles. The van der Waals surface area contributed by atoms with Crippen LogP contribution in [0.5, 0.6) is 0 Å². The number of hydrogen-bond acceptors (Lipinski definition) is 6. The zero-order chi connectivity index (χ0) is 12.5. The molecule has 3 rings (SSSR count). The van der Waals surface area contributed by atoms with Crippen molar-refractivity contribution in [3.05, 3.63) is 29.7 Å². The van der Waals surface area contributed by atoms with E-state index in [1.165, 1.54) is 11.8 Å². The third kappa shape index (κ3) is 1.90. The van der Waals surface area contributed by atoms with Crippen molar-refractivity contribution in [2.75, 3.05) is 0 Å². The molecule has 0 saturated heterocycles. The van der Waals surface area contributed by atoms with E-state index in [9.17, 15) is 0 Å². The smallest absolute Gasteiger partial charge is 0.174 e. The number of imidazole rings is 1. The lowest BCUT2D eigenvalue weighted by atomic mass is 10.5. The lowest BCUT2D eigenvalue weighted by molar-refractivity contribution is 0.271. The van der Waals surface area contributed by atoms with Crippen LogP contribution in [0, 0.1) is 0 Å². The molecule has 0 saturated carbocycles. The lowest BCUT2D eigenvalue weighted by Gasteiger charge is -2.03. The van der Waals surface area contributed by atoms with Crippen LogP contribution in [0.1, 0.15) is 5.69 Å². The van der Waals surface area contributed by atoms with E-state index in [1.807, 2.05) is 23.1 Å². The van der Waals surface area contributed by atoms with Gasteiger partial charge >= 0.3 is 0 Å². The predicted molar refractivity (Wildman–Crippen MR) is 70.7 cm³/mol. The second-order valence-electron chi connectivity index (χ2n) is 3.67. The van der Waals surface area contributed by atoms with Crippen LogP contribution in [0.4, 0.5) is 0 Å². The summed E-state index contributed by atoms with van der Waals surface area (Å²) in [5.74, 6) is 0. The van der Waals surface area contributed by atoms with Gasteiger partial charge in [0.05, 0.1) is 28.7 Å². The molecule has 0 aliphatic rings. The van der Waals surface area contributed by atoms with Crippen molar-refractivity contribution in [2.24, 2.45) is 7.05 Å². The van der Waals surface area contributed by atoms with Crippen LogP contribution >= 0.6 is 23.1 Å². The van der Waals surface area contributed by atoms with Gasteiger partial charge in [0, 0.05) is 7.05 Å². The summed E-state index contributed by atoms with van der Waals surface area (Å²) in [6.07, 6.45) is 3.24. The third-order valence-electron chi connectivity index (χ3n) is 2.60. The first-order chi connectivity index (χ1) is 8.79. The van der Waals surface area contributed by atoms with E-state index >= 15 is 0 Å². The Bertz CT molecular complexity index is 691. The van der Waals surface area contributed by atoms with Crippen molar-refractivity contribution in [1.82, 2.24) is 19.5 Å². The van der Waals surface area contributed by atoms with Crippen LogP contribution in [0.2, 0.25) is 0 Å². The number of fused-ring (bicyclic) bond motifs is 1. The van der Waals surface area contributed by atoms with E-state index in [4.69, 9.17) is 5.11 Å². The largest absolute Gasteiger partial charge is 0.390 e. The fourth-order valence-corrected chi connectivity index (χ4v) is 3.42. The van der Waals surface area contributed by atoms with Gasteiger partial charge in [-0.1, -0.05) is 0 Å². The molecular weight excluding hydrogens is 268 g/mol. The topological polar surface area (TPSA) is 63.8 Å². The van der Waals surface area contributed by atoms with E-state index in [2.05, 4.69) is 15.0 Å². The van der Waals surface area contributed by atoms with Gasteiger partial charge in [0.1, 0.15) is 11.4 Å². The summed E-state index contributed by atoms with van der Waals surface area (Å²) in [6.45, 7) is -0.0117. The molecule has 0 bridgehead atoms. The van der Waals surface area contributed by atoms with Crippen LogP contribution in [-0.4, -0.2) is 24.6 Å². The Morgan fingerprint density at radius 3 is 3.06 bits per heavy atom. The normalized spacial score (nSPS) is 11.2. The maximum atomic E-state index is 9.14. The number of aliphatic hydroxyl groups excluding tert-OH is 1. The maximum Gasteiger partial charge on any atom is 0.174 e. The van der Waals surface area contributed by atoms with E-state index in [0.29, 0.717) is 0 Å². The first-order valence-corrected chi connectivity index (χ1v) is 6.96. The van der Waals surface area contributed by atoms with Crippen molar-refractivity contribution < 1.29 is 5.11 Å². The molecular formula is C11H10N4OS2. The Morgan fingerprint density at radius 2 is 2.28 bits per heavy atom. The van der Waals surface area contributed by atoms with Gasteiger partial charge in [-0.2, -0.15) is 0 Å². The molecule has 0 radical (unpaired) electrons. The zero-order valence-corrected chi connectivity index (χ0v) is 11.2. The molecule has 0 unspecified atom stereocenters. The molecule has 0 atom stereocenters. The minimum absolute atomic E-state index is 0.0117. The molecule has 7 heteroatoms. The SMILES string of the molecule is Cn1c(CO)cnc1Sc1ncnc2ccsc12. The number of thiophene rings is 1. The quantitative estimate of drug-likeness (QED) is 0.743. The molecule has 3 aromatic rings. The lowest BCUT2D eigenvalue weighted by Crippen LogP contribution is -1.97. The third-order valence-corrected chi connectivity index (χ3v) is 4.71. The monoisotopic (exact) mass is 278 g/mol. The predicted octanol–water partition coefficient (Wildman–Crippen LogP) is 2.07. The number of nitrogens with zero attached hydrogens (tertiary/aromatic N) is 4. The van der Waals surface area contributed by atoms with E-state index in [-0.39, 0.29) is 6.61 Å². The van der Waals surface area contributed by atoms with Gasteiger partial charge in [-0.05, 0) is 23.2 Å². The molecule has 3 heterocycles. The molecule has 5 nitrogen and oxygen atoms in total. The van der Waals surface area contributed by atoms with Gasteiger partial charge in [-0.25, -0.2) is 15.0 Å². The molecule has 0 spiro atoms. The molecule has 92 valence electrons. The highest BCUT2D eigenvalue weighted by molar-refractivity contribution is 7.99. The van der Waals surface area contributed by atoms with Crippen LogP contribution in [-0.2, 0) is 13.7 Å². The standard InChI is InChI=1S/C11H10N4OS2/c1-15-7(5-16)4-12-11(15)18-10-9-8(2-3-17-9)13-6-14-10/h2-4,6,16H,5H2,1H3. The van der Waals surface area contributed by atoms with Gasteiger partial charge in [0.2, 0.25) is 0 Å². The van der Waals surface area contributed by atoms with Crippen molar-refractivity contribution in [3.8, 4) is 0 Å². The van der Waals surface area contributed by atoms with E-state index in [0.717, 1.165) is 26.1 Å². The molecule has 1 N–H and O–H groups in total. The van der Waals surface area contributed by atoms with Gasteiger partial charge in [0.25, 0.3) is 0 Å². The van der Waals surface area contributed by atoms with E-state index < -0.39 is 0 Å². The molecule has 0 amide bonds. The van der Waals surface area contributed by atoms with Gasteiger partial charge < -0.3 is 9.67 Å². The number of rotatable bonds is 3. The van der Waals surface area contributed by atoms with Gasteiger partial charge in [0.15, 0.2) is 5.16 Å². The van der Waals surface area contributed by atoms with Crippen LogP contribution in [0.25, 0.3) is 10.2 Å². The van der Waals surface area contributed by atoms with Crippen molar-refractivity contribution >= 4 is 33.3 Å². The first-order valence-electron chi connectivity index (χ1n) is 5.27. The second kappa shape index (κ2) is 4.68. The van der Waals surface area contributed by atoms with Crippen molar-refractivity contribution in [1.29, 1.82) is 0 Å².